The summed E-state index contributed by atoms with van der Waals surface area (Å²) in [4.78, 5) is 9.91. The number of unbranched alkanes of at least 4 members (excludes halogenated alkanes) is 1. The number of hydrogen-bond acceptors (Lipinski definition) is 4. The highest BCUT2D eigenvalue weighted by atomic mass is 32.1. The van der Waals surface area contributed by atoms with E-state index in [0.717, 1.165) is 51.4 Å². The topological polar surface area (TPSA) is 45.4 Å². The van der Waals surface area contributed by atoms with Crippen molar-refractivity contribution in [3.05, 3.63) is 24.4 Å². The van der Waals surface area contributed by atoms with Gasteiger partial charge in [-0.2, -0.15) is 0 Å². The molecule has 0 amide bonds. The molecule has 1 aliphatic rings. The molecule has 0 bridgehead atoms. The molecule has 1 fully saturated rings. The van der Waals surface area contributed by atoms with Gasteiger partial charge in [-0.1, -0.05) is 18.3 Å². The summed E-state index contributed by atoms with van der Waals surface area (Å²) in [6, 6.07) is 6.09. The van der Waals surface area contributed by atoms with E-state index in [2.05, 4.69) is 20.9 Å². The minimum Gasteiger partial charge on any atom is -0.393 e. The minimum absolute atomic E-state index is 0.639. The maximum Gasteiger partial charge on any atom is 0.128 e. The van der Waals surface area contributed by atoms with Crippen molar-refractivity contribution in [3.63, 3.8) is 0 Å². The Bertz CT molecular complexity index is 388. The fourth-order valence-electron chi connectivity index (χ4n) is 2.38. The normalized spacial score (nSPS) is 16.5. The third-order valence-corrected chi connectivity index (χ3v) is 3.70. The van der Waals surface area contributed by atoms with E-state index in [1.165, 1.54) is 6.42 Å². The summed E-state index contributed by atoms with van der Waals surface area (Å²) >= 11 is 4.89. The van der Waals surface area contributed by atoms with Crippen LogP contribution in [0.25, 0.3) is 0 Å². The molecular weight excluding hydrogens is 256 g/mol. The highest BCUT2D eigenvalue weighted by molar-refractivity contribution is 7.80. The predicted octanol–water partition coefficient (Wildman–Crippen LogP) is 1.66. The lowest BCUT2D eigenvalue weighted by molar-refractivity contribution is 0.253. The molecule has 1 aromatic rings. The number of pyridine rings is 1. The third-order valence-electron chi connectivity index (χ3n) is 3.49. The summed E-state index contributed by atoms with van der Waals surface area (Å²) in [5.41, 5.74) is 5.50. The van der Waals surface area contributed by atoms with Crippen LogP contribution in [0.4, 0.5) is 5.82 Å². The van der Waals surface area contributed by atoms with Crippen LogP contribution in [-0.2, 0) is 0 Å². The summed E-state index contributed by atoms with van der Waals surface area (Å²) in [6.07, 6.45) is 5.03. The van der Waals surface area contributed by atoms with Gasteiger partial charge in [-0.05, 0) is 37.9 Å². The van der Waals surface area contributed by atoms with E-state index >= 15 is 0 Å². The molecule has 2 rings (SSSR count). The molecule has 1 saturated heterocycles. The fourth-order valence-corrected chi connectivity index (χ4v) is 2.52. The second-order valence-corrected chi connectivity index (χ2v) is 5.46. The second kappa shape index (κ2) is 7.40. The van der Waals surface area contributed by atoms with Crippen LogP contribution in [-0.4, -0.2) is 47.6 Å². The first-order valence-electron chi connectivity index (χ1n) is 6.92. The van der Waals surface area contributed by atoms with E-state index in [4.69, 9.17) is 18.0 Å². The summed E-state index contributed by atoms with van der Waals surface area (Å²) in [5.74, 6) is 1.09. The van der Waals surface area contributed by atoms with Crippen molar-refractivity contribution in [2.75, 3.05) is 37.6 Å². The van der Waals surface area contributed by atoms with Crippen LogP contribution in [0.3, 0.4) is 0 Å². The lowest BCUT2D eigenvalue weighted by Gasteiger charge is -2.35. The van der Waals surface area contributed by atoms with Crippen molar-refractivity contribution in [2.45, 2.75) is 19.3 Å². The van der Waals surface area contributed by atoms with Crippen LogP contribution < -0.4 is 10.6 Å². The Hall–Kier alpha value is -1.20. The highest BCUT2D eigenvalue weighted by Gasteiger charge is 2.16. The van der Waals surface area contributed by atoms with E-state index in [1.807, 2.05) is 18.3 Å². The molecule has 2 N–H and O–H groups in total. The molecule has 5 heteroatoms. The van der Waals surface area contributed by atoms with Gasteiger partial charge in [-0.3, -0.25) is 4.90 Å². The van der Waals surface area contributed by atoms with Gasteiger partial charge in [0.15, 0.2) is 0 Å². The molecule has 104 valence electrons. The quantitative estimate of drug-likeness (QED) is 0.633. The number of anilines is 1. The Morgan fingerprint density at radius 3 is 2.63 bits per heavy atom. The number of hydrogen-bond donors (Lipinski definition) is 1. The molecule has 0 saturated carbocycles. The van der Waals surface area contributed by atoms with Crippen molar-refractivity contribution in [2.24, 2.45) is 5.73 Å². The van der Waals surface area contributed by atoms with Gasteiger partial charge < -0.3 is 10.6 Å². The van der Waals surface area contributed by atoms with E-state index < -0.39 is 0 Å². The standard InChI is InChI=1S/C14H22N4S/c15-13(19)5-2-4-8-17-9-11-18(12-10-17)14-6-1-3-7-16-14/h1,3,6-7H,2,4-5,8-12H2,(H2,15,19). The lowest BCUT2D eigenvalue weighted by Crippen LogP contribution is -2.46. The van der Waals surface area contributed by atoms with Gasteiger partial charge >= 0.3 is 0 Å². The zero-order valence-electron chi connectivity index (χ0n) is 11.3. The molecule has 0 unspecified atom stereocenters. The lowest BCUT2D eigenvalue weighted by atomic mass is 10.2. The molecule has 0 aliphatic carbocycles. The Morgan fingerprint density at radius 2 is 2.00 bits per heavy atom. The van der Waals surface area contributed by atoms with Gasteiger partial charge in [-0.15, -0.1) is 0 Å². The molecule has 0 atom stereocenters. The van der Waals surface area contributed by atoms with Crippen molar-refractivity contribution in [1.82, 2.24) is 9.88 Å². The smallest absolute Gasteiger partial charge is 0.128 e. The van der Waals surface area contributed by atoms with Crippen LogP contribution in [0.5, 0.6) is 0 Å². The molecule has 1 aliphatic heterocycles. The Balaban J connectivity index is 1.67. The van der Waals surface area contributed by atoms with Crippen LogP contribution in [0, 0.1) is 0 Å². The highest BCUT2D eigenvalue weighted by Crippen LogP contribution is 2.12. The van der Waals surface area contributed by atoms with E-state index in [0.29, 0.717) is 4.99 Å². The van der Waals surface area contributed by atoms with Crippen molar-refractivity contribution in [3.8, 4) is 0 Å². The number of piperazine rings is 1. The zero-order valence-corrected chi connectivity index (χ0v) is 12.1. The Labute approximate surface area is 120 Å². The molecule has 1 aromatic heterocycles. The van der Waals surface area contributed by atoms with Gasteiger partial charge in [0, 0.05) is 32.4 Å². The van der Waals surface area contributed by atoms with Gasteiger partial charge in [0.1, 0.15) is 5.82 Å². The van der Waals surface area contributed by atoms with Gasteiger partial charge in [0.25, 0.3) is 0 Å². The molecule has 2 heterocycles. The minimum atomic E-state index is 0.639. The van der Waals surface area contributed by atoms with Crippen LogP contribution in [0.2, 0.25) is 0 Å². The largest absolute Gasteiger partial charge is 0.393 e. The Morgan fingerprint density at radius 1 is 1.21 bits per heavy atom. The van der Waals surface area contributed by atoms with Crippen molar-refractivity contribution < 1.29 is 0 Å². The summed E-state index contributed by atoms with van der Waals surface area (Å²) < 4.78 is 0. The SMILES string of the molecule is NC(=S)CCCCN1CCN(c2ccccn2)CC1. The van der Waals surface area contributed by atoms with Crippen LogP contribution >= 0.6 is 12.2 Å². The molecule has 0 spiro atoms. The number of rotatable bonds is 6. The van der Waals surface area contributed by atoms with Gasteiger partial charge in [0.2, 0.25) is 0 Å². The number of thiocarbonyl (C=S) groups is 1. The summed E-state index contributed by atoms with van der Waals surface area (Å²) in [7, 11) is 0. The molecule has 0 radical (unpaired) electrons. The van der Waals surface area contributed by atoms with Crippen molar-refractivity contribution >= 4 is 23.0 Å². The molecular formula is C14H22N4S. The second-order valence-electron chi connectivity index (χ2n) is 4.94. The van der Waals surface area contributed by atoms with Gasteiger partial charge in [-0.25, -0.2) is 4.98 Å². The molecule has 19 heavy (non-hydrogen) atoms. The average molecular weight is 278 g/mol. The van der Waals surface area contributed by atoms with Gasteiger partial charge in [0.05, 0.1) is 4.99 Å². The molecule has 0 aromatic carbocycles. The average Bonchev–Trinajstić information content (AvgIpc) is 2.45. The maximum atomic E-state index is 5.50. The Kier molecular flexibility index (Phi) is 5.54. The van der Waals surface area contributed by atoms with Crippen LogP contribution in [0.15, 0.2) is 24.4 Å². The monoisotopic (exact) mass is 278 g/mol. The fraction of sp³-hybridized carbons (Fsp3) is 0.571. The first kappa shape index (κ1) is 14.2. The van der Waals surface area contributed by atoms with E-state index in [-0.39, 0.29) is 0 Å². The number of aromatic nitrogens is 1. The predicted molar refractivity (Wildman–Crippen MR) is 83.5 cm³/mol. The first-order chi connectivity index (χ1) is 9.25. The maximum absolute atomic E-state index is 5.50. The number of nitrogens with zero attached hydrogens (tertiary/aromatic N) is 3. The number of nitrogens with two attached hydrogens (primary N) is 1. The van der Waals surface area contributed by atoms with Crippen molar-refractivity contribution in [1.29, 1.82) is 0 Å². The summed E-state index contributed by atoms with van der Waals surface area (Å²) in [6.45, 7) is 5.50. The summed E-state index contributed by atoms with van der Waals surface area (Å²) in [5, 5.41) is 0. The van der Waals surface area contributed by atoms with Crippen LogP contribution in [0.1, 0.15) is 19.3 Å². The van der Waals surface area contributed by atoms with E-state index in [9.17, 15) is 0 Å². The third kappa shape index (κ3) is 4.76. The zero-order chi connectivity index (χ0) is 13.5. The van der Waals surface area contributed by atoms with E-state index in [1.54, 1.807) is 0 Å². The first-order valence-corrected chi connectivity index (χ1v) is 7.33. The molecule has 4 nitrogen and oxygen atoms in total.